The molecule has 28 heavy (non-hydrogen) atoms. The van der Waals surface area contributed by atoms with Crippen LogP contribution in [0.4, 0.5) is 4.39 Å². The molecule has 2 aliphatic rings. The molecule has 0 amide bonds. The van der Waals surface area contributed by atoms with Crippen LogP contribution in [0, 0.1) is 5.82 Å². The Hall–Kier alpha value is -2.62. The Morgan fingerprint density at radius 1 is 1.04 bits per heavy atom. The fraction of sp³-hybridized carbons (Fsp3) is 0.263. The molecule has 3 heterocycles. The molecule has 0 saturated carbocycles. The molecule has 2 aliphatic heterocycles. The van der Waals surface area contributed by atoms with Crippen molar-refractivity contribution in [3.63, 3.8) is 0 Å². The Kier molecular flexibility index (Phi) is 4.04. The molecule has 0 aliphatic carbocycles. The van der Waals surface area contributed by atoms with Gasteiger partial charge in [-0.25, -0.2) is 17.5 Å². The van der Waals surface area contributed by atoms with Crippen LogP contribution in [-0.4, -0.2) is 46.9 Å². The number of fused-ring (bicyclic) bond motifs is 3. The Labute approximate surface area is 161 Å². The Morgan fingerprint density at radius 3 is 2.54 bits per heavy atom. The molecule has 0 spiro atoms. The van der Waals surface area contributed by atoms with E-state index in [0.717, 1.165) is 29.1 Å². The SMILES string of the molecule is O=S(=O)(c1ccc(F)cc1)N1C[C@@H]2[C@@H](C1)OCc1c(-c3ccccc3)nnn12. The van der Waals surface area contributed by atoms with Gasteiger partial charge in [0.05, 0.1) is 29.3 Å². The number of ether oxygens (including phenoxy) is 1. The maximum atomic E-state index is 13.2. The first kappa shape index (κ1) is 17.5. The third-order valence-corrected chi connectivity index (χ3v) is 7.09. The molecule has 0 unspecified atom stereocenters. The fourth-order valence-electron chi connectivity index (χ4n) is 3.79. The van der Waals surface area contributed by atoms with E-state index in [1.807, 2.05) is 30.3 Å². The summed E-state index contributed by atoms with van der Waals surface area (Å²) >= 11 is 0. The van der Waals surface area contributed by atoms with Crippen molar-refractivity contribution in [2.75, 3.05) is 13.1 Å². The van der Waals surface area contributed by atoms with Crippen LogP contribution in [0.1, 0.15) is 11.7 Å². The third kappa shape index (κ3) is 2.74. The van der Waals surface area contributed by atoms with Crippen molar-refractivity contribution in [1.82, 2.24) is 19.3 Å². The molecule has 0 bridgehead atoms. The molecule has 5 rings (SSSR count). The van der Waals surface area contributed by atoms with Gasteiger partial charge >= 0.3 is 0 Å². The van der Waals surface area contributed by atoms with Gasteiger partial charge in [-0.2, -0.15) is 4.31 Å². The summed E-state index contributed by atoms with van der Waals surface area (Å²) in [5.74, 6) is -0.474. The lowest BCUT2D eigenvalue weighted by Gasteiger charge is -2.26. The highest BCUT2D eigenvalue weighted by atomic mass is 32.2. The summed E-state index contributed by atoms with van der Waals surface area (Å²) in [6.45, 7) is 0.780. The second-order valence-corrected chi connectivity index (χ2v) is 8.83. The minimum absolute atomic E-state index is 0.0661. The maximum Gasteiger partial charge on any atom is 0.243 e. The predicted octanol–water partition coefficient (Wildman–Crippen LogP) is 2.23. The summed E-state index contributed by atoms with van der Waals surface area (Å²) in [6, 6.07) is 14.3. The normalized spacial score (nSPS) is 22.0. The summed E-state index contributed by atoms with van der Waals surface area (Å²) in [5, 5.41) is 8.60. The maximum absolute atomic E-state index is 13.2. The summed E-state index contributed by atoms with van der Waals surface area (Å²) in [7, 11) is -3.74. The molecule has 1 aromatic heterocycles. The topological polar surface area (TPSA) is 77.3 Å². The van der Waals surface area contributed by atoms with Crippen molar-refractivity contribution in [2.24, 2.45) is 0 Å². The molecule has 1 saturated heterocycles. The third-order valence-electron chi connectivity index (χ3n) is 5.24. The van der Waals surface area contributed by atoms with Gasteiger partial charge in [0.15, 0.2) is 0 Å². The highest BCUT2D eigenvalue weighted by Gasteiger charge is 2.45. The summed E-state index contributed by atoms with van der Waals surface area (Å²) in [6.07, 6.45) is -0.298. The average Bonchev–Trinajstić information content (AvgIpc) is 3.33. The number of nitrogens with zero attached hydrogens (tertiary/aromatic N) is 4. The number of sulfonamides is 1. The number of benzene rings is 2. The first-order valence-corrected chi connectivity index (χ1v) is 10.3. The molecule has 0 N–H and O–H groups in total. The van der Waals surface area contributed by atoms with Crippen LogP contribution in [0.15, 0.2) is 59.5 Å². The van der Waals surface area contributed by atoms with Crippen molar-refractivity contribution in [3.05, 3.63) is 66.1 Å². The number of halogens is 1. The summed E-state index contributed by atoms with van der Waals surface area (Å²) in [4.78, 5) is 0.0661. The largest absolute Gasteiger partial charge is 0.368 e. The van der Waals surface area contributed by atoms with E-state index < -0.39 is 15.8 Å². The van der Waals surface area contributed by atoms with Crippen LogP contribution in [0.3, 0.4) is 0 Å². The number of hydrogen-bond acceptors (Lipinski definition) is 5. The molecule has 0 radical (unpaired) electrons. The van der Waals surface area contributed by atoms with Gasteiger partial charge in [0.25, 0.3) is 0 Å². The zero-order chi connectivity index (χ0) is 19.3. The molecule has 1 fully saturated rings. The number of rotatable bonds is 3. The Bertz CT molecular complexity index is 1120. The lowest BCUT2D eigenvalue weighted by atomic mass is 10.1. The van der Waals surface area contributed by atoms with Gasteiger partial charge in [-0.1, -0.05) is 35.5 Å². The molecule has 144 valence electrons. The molecular weight excluding hydrogens is 383 g/mol. The van der Waals surface area contributed by atoms with Crippen molar-refractivity contribution in [1.29, 1.82) is 0 Å². The average molecular weight is 400 g/mol. The first-order valence-electron chi connectivity index (χ1n) is 8.91. The van der Waals surface area contributed by atoms with Gasteiger partial charge < -0.3 is 4.74 Å². The van der Waals surface area contributed by atoms with Crippen molar-refractivity contribution in [2.45, 2.75) is 23.6 Å². The predicted molar refractivity (Wildman–Crippen MR) is 98.2 cm³/mol. The van der Waals surface area contributed by atoms with Gasteiger partial charge in [-0.3, -0.25) is 0 Å². The second-order valence-electron chi connectivity index (χ2n) is 6.89. The molecule has 3 aromatic rings. The quantitative estimate of drug-likeness (QED) is 0.674. The van der Waals surface area contributed by atoms with Crippen molar-refractivity contribution in [3.8, 4) is 11.3 Å². The van der Waals surface area contributed by atoms with Crippen LogP contribution in [-0.2, 0) is 21.4 Å². The molecule has 2 atom stereocenters. The van der Waals surface area contributed by atoms with Gasteiger partial charge in [-0.15, -0.1) is 5.10 Å². The Balaban J connectivity index is 1.45. The fourth-order valence-corrected chi connectivity index (χ4v) is 5.26. The summed E-state index contributed by atoms with van der Waals surface area (Å²) in [5.41, 5.74) is 2.53. The number of hydrogen-bond donors (Lipinski definition) is 0. The van der Waals surface area contributed by atoms with E-state index in [1.54, 1.807) is 4.68 Å². The van der Waals surface area contributed by atoms with Crippen LogP contribution in [0.25, 0.3) is 11.3 Å². The van der Waals surface area contributed by atoms with Gasteiger partial charge in [0.2, 0.25) is 10.0 Å². The van der Waals surface area contributed by atoms with Gasteiger partial charge in [-0.05, 0) is 24.3 Å². The monoisotopic (exact) mass is 400 g/mol. The standard InChI is InChI=1S/C19H17FN4O3S/c20-14-6-8-15(9-7-14)28(25,26)23-10-16-18(11-23)27-12-17-19(21-22-24(16)17)13-4-2-1-3-5-13/h1-9,16,18H,10-12H2/t16-,18-/m1/s1. The van der Waals surface area contributed by atoms with E-state index in [4.69, 9.17) is 4.74 Å². The van der Waals surface area contributed by atoms with E-state index in [9.17, 15) is 12.8 Å². The molecule has 9 heteroatoms. The summed E-state index contributed by atoms with van der Waals surface area (Å²) < 4.78 is 48.1. The van der Waals surface area contributed by atoms with Crippen LogP contribution in [0.2, 0.25) is 0 Å². The van der Waals surface area contributed by atoms with E-state index in [2.05, 4.69) is 10.3 Å². The minimum Gasteiger partial charge on any atom is -0.368 e. The lowest BCUT2D eigenvalue weighted by Crippen LogP contribution is -2.32. The Morgan fingerprint density at radius 2 is 1.79 bits per heavy atom. The molecular formula is C19H17FN4O3S. The lowest BCUT2D eigenvalue weighted by molar-refractivity contribution is -0.00362. The van der Waals surface area contributed by atoms with Crippen LogP contribution in [0.5, 0.6) is 0 Å². The number of aromatic nitrogens is 3. The van der Waals surface area contributed by atoms with E-state index in [0.29, 0.717) is 6.61 Å². The second kappa shape index (κ2) is 6.47. The van der Waals surface area contributed by atoms with Gasteiger partial charge in [0.1, 0.15) is 11.5 Å². The smallest absolute Gasteiger partial charge is 0.243 e. The zero-order valence-electron chi connectivity index (χ0n) is 14.8. The highest BCUT2D eigenvalue weighted by molar-refractivity contribution is 7.89. The first-order chi connectivity index (χ1) is 13.5. The van der Waals surface area contributed by atoms with Crippen molar-refractivity contribution < 1.29 is 17.5 Å². The minimum atomic E-state index is -3.74. The molecule has 7 nitrogen and oxygen atoms in total. The zero-order valence-corrected chi connectivity index (χ0v) is 15.6. The van der Waals surface area contributed by atoms with Gasteiger partial charge in [0, 0.05) is 18.7 Å². The highest BCUT2D eigenvalue weighted by Crippen LogP contribution is 2.36. The van der Waals surface area contributed by atoms with Crippen molar-refractivity contribution >= 4 is 10.0 Å². The van der Waals surface area contributed by atoms with E-state index >= 15 is 0 Å². The van der Waals surface area contributed by atoms with Crippen LogP contribution < -0.4 is 0 Å². The molecule has 2 aromatic carbocycles. The van der Waals surface area contributed by atoms with E-state index in [1.165, 1.54) is 16.4 Å². The van der Waals surface area contributed by atoms with Crippen LogP contribution >= 0.6 is 0 Å². The van der Waals surface area contributed by atoms with E-state index in [-0.39, 0.29) is 30.1 Å².